The van der Waals surface area contributed by atoms with Crippen LogP contribution in [0, 0.1) is 11.8 Å². The molecule has 0 saturated carbocycles. The van der Waals surface area contributed by atoms with E-state index in [-0.39, 0.29) is 36.5 Å². The van der Waals surface area contributed by atoms with Crippen molar-refractivity contribution in [3.63, 3.8) is 0 Å². The molecule has 0 bridgehead atoms. The third kappa shape index (κ3) is 4.80. The maximum Gasteiger partial charge on any atom is 0.338 e. The summed E-state index contributed by atoms with van der Waals surface area (Å²) in [5.74, 6) is -0.711. The highest BCUT2D eigenvalue weighted by molar-refractivity contribution is 9.09. The van der Waals surface area contributed by atoms with Gasteiger partial charge in [-0.3, -0.25) is 0 Å². The third-order valence-corrected chi connectivity index (χ3v) is 5.87. The van der Waals surface area contributed by atoms with Gasteiger partial charge in [-0.1, -0.05) is 66.2 Å². The summed E-state index contributed by atoms with van der Waals surface area (Å²) in [7, 11) is 0. The minimum atomic E-state index is -0.480. The molecule has 0 spiro atoms. The number of benzene rings is 2. The molecular formula is C22H23BrO5. The Kier molecular flexibility index (Phi) is 6.86. The van der Waals surface area contributed by atoms with Crippen LogP contribution in [-0.4, -0.2) is 35.8 Å². The van der Waals surface area contributed by atoms with Crippen molar-refractivity contribution in [2.24, 2.45) is 11.8 Å². The van der Waals surface area contributed by atoms with E-state index in [1.807, 2.05) is 26.0 Å². The summed E-state index contributed by atoms with van der Waals surface area (Å²) < 4.78 is 17.1. The van der Waals surface area contributed by atoms with E-state index in [2.05, 4.69) is 15.9 Å². The Morgan fingerprint density at radius 1 is 0.893 bits per heavy atom. The smallest absolute Gasteiger partial charge is 0.338 e. The molecular weight excluding hydrogens is 424 g/mol. The fraction of sp³-hybridized carbons (Fsp3) is 0.364. The molecule has 5 unspecified atom stereocenters. The van der Waals surface area contributed by atoms with Gasteiger partial charge >= 0.3 is 11.9 Å². The van der Waals surface area contributed by atoms with Gasteiger partial charge in [0.15, 0.2) is 0 Å². The molecule has 2 aromatic carbocycles. The van der Waals surface area contributed by atoms with Crippen LogP contribution in [0.2, 0.25) is 0 Å². The molecule has 2 aromatic rings. The molecule has 1 aliphatic rings. The molecule has 3 rings (SSSR count). The van der Waals surface area contributed by atoms with E-state index < -0.39 is 11.1 Å². The maximum absolute atomic E-state index is 12.4. The van der Waals surface area contributed by atoms with Gasteiger partial charge < -0.3 is 14.2 Å². The van der Waals surface area contributed by atoms with E-state index in [1.165, 1.54) is 0 Å². The number of hydrogen-bond acceptors (Lipinski definition) is 5. The SMILES string of the molecule is CC1C(COC(=O)c2ccccc2)OC(Br)C(OC(=O)c2ccccc2)C1C. The second-order valence-electron chi connectivity index (χ2n) is 6.94. The lowest BCUT2D eigenvalue weighted by molar-refractivity contribution is -0.146. The van der Waals surface area contributed by atoms with E-state index in [0.29, 0.717) is 11.1 Å². The molecule has 0 amide bonds. The summed E-state index contributed by atoms with van der Waals surface area (Å²) >= 11 is 3.48. The first-order valence-electron chi connectivity index (χ1n) is 9.25. The fourth-order valence-corrected chi connectivity index (χ4v) is 4.04. The lowest BCUT2D eigenvalue weighted by Crippen LogP contribution is -2.50. The van der Waals surface area contributed by atoms with Gasteiger partial charge in [-0.2, -0.15) is 0 Å². The van der Waals surface area contributed by atoms with Crippen molar-refractivity contribution in [1.82, 2.24) is 0 Å². The highest BCUT2D eigenvalue weighted by atomic mass is 79.9. The lowest BCUT2D eigenvalue weighted by atomic mass is 9.84. The molecule has 148 valence electrons. The van der Waals surface area contributed by atoms with E-state index in [1.54, 1.807) is 48.5 Å². The number of hydrogen-bond donors (Lipinski definition) is 0. The zero-order chi connectivity index (χ0) is 20.1. The van der Waals surface area contributed by atoms with Gasteiger partial charge in [0.25, 0.3) is 0 Å². The third-order valence-electron chi connectivity index (χ3n) is 5.14. The fourth-order valence-electron chi connectivity index (χ4n) is 3.18. The van der Waals surface area contributed by atoms with Crippen molar-refractivity contribution < 1.29 is 23.8 Å². The first kappa shape index (κ1) is 20.6. The monoisotopic (exact) mass is 446 g/mol. The van der Waals surface area contributed by atoms with Crippen molar-refractivity contribution in [1.29, 1.82) is 0 Å². The quantitative estimate of drug-likeness (QED) is 0.500. The Morgan fingerprint density at radius 2 is 1.43 bits per heavy atom. The number of alkyl halides is 1. The van der Waals surface area contributed by atoms with Crippen LogP contribution in [0.3, 0.4) is 0 Å². The number of ether oxygens (including phenoxy) is 3. The Labute approximate surface area is 173 Å². The number of rotatable bonds is 5. The van der Waals surface area contributed by atoms with Crippen molar-refractivity contribution >= 4 is 27.9 Å². The van der Waals surface area contributed by atoms with Crippen LogP contribution >= 0.6 is 15.9 Å². The average Bonchev–Trinajstić information content (AvgIpc) is 2.73. The van der Waals surface area contributed by atoms with E-state index in [0.717, 1.165) is 0 Å². The molecule has 1 saturated heterocycles. The van der Waals surface area contributed by atoms with Gasteiger partial charge in [-0.15, -0.1) is 0 Å². The van der Waals surface area contributed by atoms with Gasteiger partial charge in [-0.05, 0) is 30.2 Å². The molecule has 6 heteroatoms. The van der Waals surface area contributed by atoms with Crippen LogP contribution in [0.15, 0.2) is 60.7 Å². The molecule has 0 aliphatic carbocycles. The summed E-state index contributed by atoms with van der Waals surface area (Å²) in [5, 5.41) is -0.480. The van der Waals surface area contributed by atoms with Crippen LogP contribution in [0.5, 0.6) is 0 Å². The molecule has 1 fully saturated rings. The molecule has 0 radical (unpaired) electrons. The Morgan fingerprint density at radius 3 is 2.00 bits per heavy atom. The van der Waals surface area contributed by atoms with Crippen LogP contribution < -0.4 is 0 Å². The summed E-state index contributed by atoms with van der Waals surface area (Å²) in [6.45, 7) is 4.16. The maximum atomic E-state index is 12.4. The highest BCUT2D eigenvalue weighted by Gasteiger charge is 2.43. The number of esters is 2. The topological polar surface area (TPSA) is 61.8 Å². The Hall–Kier alpha value is -2.18. The molecule has 28 heavy (non-hydrogen) atoms. The lowest BCUT2D eigenvalue weighted by Gasteiger charge is -2.42. The van der Waals surface area contributed by atoms with Crippen LogP contribution in [0.1, 0.15) is 34.6 Å². The Balaban J connectivity index is 1.58. The number of carbonyl (C=O) groups excluding carboxylic acids is 2. The molecule has 0 N–H and O–H groups in total. The standard InChI is InChI=1S/C22H23BrO5/c1-14-15(2)19(28-22(25)17-11-7-4-8-12-17)20(23)27-18(14)13-26-21(24)16-9-5-3-6-10-16/h3-12,14-15,18-20H,13H2,1-2H3. The molecule has 1 aliphatic heterocycles. The first-order valence-corrected chi connectivity index (χ1v) is 10.2. The van der Waals surface area contributed by atoms with Crippen LogP contribution in [0.25, 0.3) is 0 Å². The van der Waals surface area contributed by atoms with Crippen molar-refractivity contribution in [2.75, 3.05) is 6.61 Å². The molecule has 1 heterocycles. The van der Waals surface area contributed by atoms with E-state index in [4.69, 9.17) is 14.2 Å². The summed E-state index contributed by atoms with van der Waals surface area (Å²) in [5.41, 5.74) is 1.00. The first-order chi connectivity index (χ1) is 13.5. The van der Waals surface area contributed by atoms with Crippen LogP contribution in [0.4, 0.5) is 0 Å². The largest absolute Gasteiger partial charge is 0.459 e. The summed E-state index contributed by atoms with van der Waals surface area (Å²) in [6, 6.07) is 17.7. The normalized spacial score (nSPS) is 27.0. The average molecular weight is 447 g/mol. The highest BCUT2D eigenvalue weighted by Crippen LogP contribution is 2.35. The second kappa shape index (κ2) is 9.34. The zero-order valence-electron chi connectivity index (χ0n) is 15.8. The van der Waals surface area contributed by atoms with Crippen molar-refractivity contribution in [3.8, 4) is 0 Å². The number of carbonyl (C=O) groups is 2. The van der Waals surface area contributed by atoms with Gasteiger partial charge in [0.05, 0.1) is 17.2 Å². The van der Waals surface area contributed by atoms with E-state index >= 15 is 0 Å². The zero-order valence-corrected chi connectivity index (χ0v) is 17.4. The molecule has 0 aromatic heterocycles. The van der Waals surface area contributed by atoms with Gasteiger partial charge in [0, 0.05) is 5.92 Å². The predicted molar refractivity (Wildman–Crippen MR) is 108 cm³/mol. The van der Waals surface area contributed by atoms with Crippen LogP contribution in [-0.2, 0) is 14.2 Å². The molecule has 5 atom stereocenters. The van der Waals surface area contributed by atoms with E-state index in [9.17, 15) is 9.59 Å². The van der Waals surface area contributed by atoms with Gasteiger partial charge in [0.2, 0.25) is 0 Å². The summed E-state index contributed by atoms with van der Waals surface area (Å²) in [6.07, 6.45) is -0.734. The van der Waals surface area contributed by atoms with Crippen molar-refractivity contribution in [2.45, 2.75) is 31.1 Å². The van der Waals surface area contributed by atoms with Crippen molar-refractivity contribution in [3.05, 3.63) is 71.8 Å². The minimum absolute atomic E-state index is 0.0196. The summed E-state index contributed by atoms with van der Waals surface area (Å²) in [4.78, 5) is 24.6. The van der Waals surface area contributed by atoms with Gasteiger partial charge in [-0.25, -0.2) is 9.59 Å². The number of halogens is 1. The van der Waals surface area contributed by atoms with Gasteiger partial charge in [0.1, 0.15) is 17.7 Å². The molecule has 5 nitrogen and oxygen atoms in total. The minimum Gasteiger partial charge on any atom is -0.459 e. The Bertz CT molecular complexity index is 793. The predicted octanol–water partition coefficient (Wildman–Crippen LogP) is 4.46. The second-order valence-corrected chi connectivity index (χ2v) is 7.85.